The van der Waals surface area contributed by atoms with Crippen LogP contribution in [0.15, 0.2) is 66.2 Å². The standard InChI is InChI=1S/C30H33Cl2N3O6S/c1-4-21(31)16-27-19(3)34-28-26(27)14-15-35(30(37)41-25-12-8-22(32)9-13-25)29(28)20-6-10-24(11-7-20)40-18-23(36)17-33-42(38,39)5-2/h4,6-13,16,23,29,33-34,36H,1,5,14-15,17-18H2,2-3H3/b21-16+. The molecule has 4 rings (SSSR count). The van der Waals surface area contributed by atoms with E-state index in [-0.39, 0.29) is 18.9 Å². The van der Waals surface area contributed by atoms with E-state index in [9.17, 15) is 18.3 Å². The minimum atomic E-state index is -3.42. The average Bonchev–Trinajstić information content (AvgIpc) is 3.30. The van der Waals surface area contributed by atoms with Crippen LogP contribution in [0.3, 0.4) is 0 Å². The molecule has 12 heteroatoms. The van der Waals surface area contributed by atoms with Crippen LogP contribution in [0.25, 0.3) is 6.08 Å². The number of nitrogens with one attached hydrogen (secondary N) is 2. The van der Waals surface area contributed by atoms with Gasteiger partial charge in [-0.2, -0.15) is 0 Å². The number of ether oxygens (including phenoxy) is 2. The molecule has 2 heterocycles. The number of amides is 1. The molecule has 1 aromatic heterocycles. The molecule has 2 aromatic carbocycles. The molecule has 2 unspecified atom stereocenters. The number of aromatic nitrogens is 1. The van der Waals surface area contributed by atoms with E-state index in [1.54, 1.807) is 47.4 Å². The Kier molecular flexibility index (Phi) is 10.4. The molecule has 0 saturated carbocycles. The second-order valence-corrected chi connectivity index (χ2v) is 12.7. The number of carbonyl (C=O) groups excluding carboxylic acids is 1. The molecular weight excluding hydrogens is 601 g/mol. The third-order valence-corrected chi connectivity index (χ3v) is 8.73. The van der Waals surface area contributed by atoms with Crippen molar-refractivity contribution >= 4 is 45.4 Å². The molecule has 0 bridgehead atoms. The zero-order valence-corrected chi connectivity index (χ0v) is 25.6. The van der Waals surface area contributed by atoms with Gasteiger partial charge in [-0.15, -0.1) is 0 Å². The quantitative estimate of drug-likeness (QED) is 0.238. The Morgan fingerprint density at radius 2 is 1.88 bits per heavy atom. The van der Waals surface area contributed by atoms with Crippen molar-refractivity contribution in [2.75, 3.05) is 25.4 Å². The van der Waals surface area contributed by atoms with Crippen LogP contribution in [-0.4, -0.2) is 61.1 Å². The van der Waals surface area contributed by atoms with Gasteiger partial charge in [-0.25, -0.2) is 17.9 Å². The number of halogens is 2. The first kappa shape index (κ1) is 31.7. The third-order valence-electron chi connectivity index (χ3n) is 6.85. The minimum Gasteiger partial charge on any atom is -0.491 e. The summed E-state index contributed by atoms with van der Waals surface area (Å²) in [5.74, 6) is 0.780. The van der Waals surface area contributed by atoms with E-state index in [4.69, 9.17) is 32.7 Å². The molecule has 0 spiro atoms. The van der Waals surface area contributed by atoms with Gasteiger partial charge in [-0.3, -0.25) is 4.90 Å². The summed E-state index contributed by atoms with van der Waals surface area (Å²) in [6, 6.07) is 13.2. The van der Waals surface area contributed by atoms with Crippen LogP contribution in [-0.2, 0) is 16.4 Å². The summed E-state index contributed by atoms with van der Waals surface area (Å²) >= 11 is 12.3. The molecule has 0 saturated heterocycles. The first-order valence-corrected chi connectivity index (χ1v) is 15.7. The monoisotopic (exact) mass is 633 g/mol. The summed E-state index contributed by atoms with van der Waals surface area (Å²) in [4.78, 5) is 18.6. The summed E-state index contributed by atoms with van der Waals surface area (Å²) in [5.41, 5.74) is 4.56. The van der Waals surface area contributed by atoms with Crippen LogP contribution in [0.1, 0.15) is 41.0 Å². The van der Waals surface area contributed by atoms with Crippen LogP contribution in [0.2, 0.25) is 5.02 Å². The largest absolute Gasteiger partial charge is 0.491 e. The van der Waals surface area contributed by atoms with E-state index in [0.717, 1.165) is 28.1 Å². The molecule has 0 aliphatic carbocycles. The van der Waals surface area contributed by atoms with Crippen molar-refractivity contribution in [1.29, 1.82) is 0 Å². The number of H-pyrrole nitrogens is 1. The predicted octanol–water partition coefficient (Wildman–Crippen LogP) is 5.57. The van der Waals surface area contributed by atoms with Gasteiger partial charge in [0.2, 0.25) is 10.0 Å². The molecule has 42 heavy (non-hydrogen) atoms. The highest BCUT2D eigenvalue weighted by Gasteiger charge is 2.36. The molecule has 3 N–H and O–H groups in total. The second-order valence-electron chi connectivity index (χ2n) is 9.74. The van der Waals surface area contributed by atoms with Crippen molar-refractivity contribution in [3.63, 3.8) is 0 Å². The minimum absolute atomic E-state index is 0.0748. The summed E-state index contributed by atoms with van der Waals surface area (Å²) in [7, 11) is -3.42. The third kappa shape index (κ3) is 7.76. The van der Waals surface area contributed by atoms with Crippen molar-refractivity contribution in [2.24, 2.45) is 0 Å². The first-order valence-electron chi connectivity index (χ1n) is 13.3. The molecule has 3 aromatic rings. The number of hydrogen-bond donors (Lipinski definition) is 3. The lowest BCUT2D eigenvalue weighted by atomic mass is 9.91. The van der Waals surface area contributed by atoms with Gasteiger partial charge in [0.05, 0.1) is 5.75 Å². The van der Waals surface area contributed by atoms with Crippen LogP contribution in [0.4, 0.5) is 4.79 Å². The molecule has 0 fully saturated rings. The highest BCUT2D eigenvalue weighted by molar-refractivity contribution is 7.89. The van der Waals surface area contributed by atoms with Crippen molar-refractivity contribution in [3.8, 4) is 11.5 Å². The van der Waals surface area contributed by atoms with Crippen molar-refractivity contribution < 1.29 is 27.8 Å². The molecule has 0 radical (unpaired) electrons. The fourth-order valence-electron chi connectivity index (χ4n) is 4.66. The topological polar surface area (TPSA) is 121 Å². The highest BCUT2D eigenvalue weighted by atomic mass is 35.5. The fourth-order valence-corrected chi connectivity index (χ4v) is 5.54. The number of aliphatic hydroxyl groups is 1. The molecule has 224 valence electrons. The lowest BCUT2D eigenvalue weighted by Gasteiger charge is -2.35. The number of aryl methyl sites for hydroxylation is 1. The van der Waals surface area contributed by atoms with Gasteiger partial charge in [0.25, 0.3) is 0 Å². The molecule has 1 aliphatic rings. The lowest BCUT2D eigenvalue weighted by Crippen LogP contribution is -2.42. The van der Waals surface area contributed by atoms with E-state index in [1.807, 2.05) is 25.1 Å². The van der Waals surface area contributed by atoms with Crippen LogP contribution in [0.5, 0.6) is 11.5 Å². The number of aliphatic hydroxyl groups excluding tert-OH is 1. The molecule has 2 atom stereocenters. The molecular formula is C30H33Cl2N3O6S. The van der Waals surface area contributed by atoms with Crippen molar-refractivity contribution in [1.82, 2.24) is 14.6 Å². The molecule has 1 amide bonds. The maximum Gasteiger partial charge on any atom is 0.416 e. The lowest BCUT2D eigenvalue weighted by molar-refractivity contribution is 0.111. The number of sulfonamides is 1. The highest BCUT2D eigenvalue weighted by Crippen LogP contribution is 2.39. The Balaban J connectivity index is 1.59. The van der Waals surface area contributed by atoms with E-state index in [2.05, 4.69) is 16.3 Å². The maximum absolute atomic E-state index is 13.5. The van der Waals surface area contributed by atoms with Gasteiger partial charge in [0.15, 0.2) is 0 Å². The Labute approximate surface area is 255 Å². The predicted molar refractivity (Wildman–Crippen MR) is 165 cm³/mol. The number of hydrogen-bond acceptors (Lipinski definition) is 6. The van der Waals surface area contributed by atoms with E-state index < -0.39 is 28.3 Å². The average molecular weight is 635 g/mol. The van der Waals surface area contributed by atoms with Gasteiger partial charge < -0.3 is 19.6 Å². The summed E-state index contributed by atoms with van der Waals surface area (Å²) in [6.07, 6.45) is 2.48. The number of fused-ring (bicyclic) bond motifs is 1. The Bertz CT molecular complexity index is 1550. The Hall–Kier alpha value is -3.28. The zero-order chi connectivity index (χ0) is 30.4. The first-order chi connectivity index (χ1) is 20.0. The van der Waals surface area contributed by atoms with Crippen LogP contribution in [0, 0.1) is 6.92 Å². The molecule has 1 aliphatic heterocycles. The number of nitrogens with zero attached hydrogens (tertiary/aromatic N) is 1. The summed E-state index contributed by atoms with van der Waals surface area (Å²) < 4.78 is 36.9. The Morgan fingerprint density at radius 3 is 2.52 bits per heavy atom. The maximum atomic E-state index is 13.5. The van der Waals surface area contributed by atoms with Gasteiger partial charge in [-0.1, -0.05) is 48.0 Å². The normalized spacial score (nSPS) is 16.1. The smallest absolute Gasteiger partial charge is 0.416 e. The number of benzene rings is 2. The van der Waals surface area contributed by atoms with Crippen LogP contribution >= 0.6 is 23.2 Å². The van der Waals surface area contributed by atoms with E-state index >= 15 is 0 Å². The number of rotatable bonds is 11. The zero-order valence-electron chi connectivity index (χ0n) is 23.3. The SMILES string of the molecule is C=C/C(Cl)=C\c1c(C)[nH]c2c1CCN(C(=O)Oc1ccc(Cl)cc1)C2c1ccc(OCC(O)CNS(=O)(=O)CC)cc1. The summed E-state index contributed by atoms with van der Waals surface area (Å²) in [5, 5.41) is 11.2. The number of allylic oxidation sites excluding steroid dienone is 2. The molecule has 9 nitrogen and oxygen atoms in total. The van der Waals surface area contributed by atoms with E-state index in [0.29, 0.717) is 34.5 Å². The fraction of sp³-hybridized carbons (Fsp3) is 0.300. The Morgan fingerprint density at radius 1 is 1.21 bits per heavy atom. The van der Waals surface area contributed by atoms with Crippen LogP contribution < -0.4 is 14.2 Å². The van der Waals surface area contributed by atoms with Crippen molar-refractivity contribution in [2.45, 2.75) is 32.4 Å². The number of aromatic amines is 1. The summed E-state index contributed by atoms with van der Waals surface area (Å²) in [6.45, 7) is 7.35. The van der Waals surface area contributed by atoms with Gasteiger partial charge in [0.1, 0.15) is 30.3 Å². The van der Waals surface area contributed by atoms with Gasteiger partial charge in [0, 0.05) is 34.5 Å². The van der Waals surface area contributed by atoms with Gasteiger partial charge in [-0.05, 0) is 79.4 Å². The number of carbonyl (C=O) groups is 1. The second kappa shape index (κ2) is 13.8. The van der Waals surface area contributed by atoms with E-state index in [1.165, 1.54) is 6.92 Å². The van der Waals surface area contributed by atoms with Crippen molar-refractivity contribution in [3.05, 3.63) is 99.3 Å². The van der Waals surface area contributed by atoms with Gasteiger partial charge >= 0.3 is 6.09 Å².